The zero-order valence-electron chi connectivity index (χ0n) is 12.6. The molecule has 0 aromatic carbocycles. The smallest absolute Gasteiger partial charge is 0.332 e. The maximum absolute atomic E-state index is 12.1. The van der Waals surface area contributed by atoms with Gasteiger partial charge in [-0.2, -0.15) is 0 Å². The molecular weight excluding hydrogens is 260 g/mol. The first-order valence-corrected chi connectivity index (χ1v) is 6.74. The zero-order chi connectivity index (χ0) is 15.5. The number of unbranched alkanes of at least 4 members (excludes halogenated alkanes) is 1. The van der Waals surface area contributed by atoms with Crippen molar-refractivity contribution < 1.29 is 5.11 Å². The number of rotatable bonds is 6. The van der Waals surface area contributed by atoms with Crippen molar-refractivity contribution in [1.82, 2.24) is 9.13 Å². The van der Waals surface area contributed by atoms with Crippen molar-refractivity contribution in [2.75, 3.05) is 17.6 Å². The third kappa shape index (κ3) is 3.63. The van der Waals surface area contributed by atoms with Gasteiger partial charge in [0.25, 0.3) is 5.56 Å². The molecule has 0 radical (unpaired) electrons. The van der Waals surface area contributed by atoms with E-state index in [2.05, 4.69) is 5.32 Å². The molecule has 7 heteroatoms. The highest BCUT2D eigenvalue weighted by Gasteiger charge is 2.18. The molecule has 0 bridgehead atoms. The maximum Gasteiger partial charge on any atom is 0.332 e. The highest BCUT2D eigenvalue weighted by molar-refractivity contribution is 5.60. The van der Waals surface area contributed by atoms with Gasteiger partial charge in [0.05, 0.1) is 5.60 Å². The Morgan fingerprint density at radius 3 is 2.45 bits per heavy atom. The Hall–Kier alpha value is -1.76. The Labute approximate surface area is 118 Å². The van der Waals surface area contributed by atoms with Gasteiger partial charge in [0.1, 0.15) is 11.5 Å². The van der Waals surface area contributed by atoms with Crippen LogP contribution >= 0.6 is 0 Å². The van der Waals surface area contributed by atoms with E-state index >= 15 is 0 Å². The molecular formula is C13H24N4O3. The summed E-state index contributed by atoms with van der Waals surface area (Å²) in [7, 11) is 1.42. The van der Waals surface area contributed by atoms with Gasteiger partial charge in [0.2, 0.25) is 0 Å². The van der Waals surface area contributed by atoms with E-state index in [-0.39, 0.29) is 18.1 Å². The molecule has 0 unspecified atom stereocenters. The average molecular weight is 284 g/mol. The minimum Gasteiger partial charge on any atom is -0.389 e. The van der Waals surface area contributed by atoms with Crippen LogP contribution < -0.4 is 22.3 Å². The molecule has 4 N–H and O–H groups in total. The predicted octanol–water partition coefficient (Wildman–Crippen LogP) is 0.112. The fourth-order valence-electron chi connectivity index (χ4n) is 1.79. The number of anilines is 2. The van der Waals surface area contributed by atoms with Crippen molar-refractivity contribution in [3.05, 3.63) is 20.8 Å². The second-order valence-corrected chi connectivity index (χ2v) is 5.58. The lowest BCUT2D eigenvalue weighted by molar-refractivity contribution is 0.0945. The molecule has 0 spiro atoms. The SMILES string of the molecule is CCCCn1c(N)c(NCC(C)(C)O)c(=O)n(C)c1=O. The van der Waals surface area contributed by atoms with Crippen LogP contribution in [0.25, 0.3) is 0 Å². The summed E-state index contributed by atoms with van der Waals surface area (Å²) in [6.45, 7) is 5.88. The van der Waals surface area contributed by atoms with E-state index in [1.54, 1.807) is 13.8 Å². The number of nitrogens with one attached hydrogen (secondary N) is 1. The Morgan fingerprint density at radius 1 is 1.35 bits per heavy atom. The molecule has 114 valence electrons. The molecule has 1 heterocycles. The summed E-state index contributed by atoms with van der Waals surface area (Å²) in [5.41, 5.74) is 4.20. The maximum atomic E-state index is 12.1. The van der Waals surface area contributed by atoms with Crippen LogP contribution in [0.5, 0.6) is 0 Å². The molecule has 0 amide bonds. The molecule has 0 saturated heterocycles. The largest absolute Gasteiger partial charge is 0.389 e. The van der Waals surface area contributed by atoms with Gasteiger partial charge in [-0.1, -0.05) is 13.3 Å². The van der Waals surface area contributed by atoms with Crippen molar-refractivity contribution in [1.29, 1.82) is 0 Å². The van der Waals surface area contributed by atoms with E-state index in [0.717, 1.165) is 17.4 Å². The summed E-state index contributed by atoms with van der Waals surface area (Å²) in [6.07, 6.45) is 1.72. The molecule has 1 aromatic rings. The van der Waals surface area contributed by atoms with Crippen LogP contribution in [0.1, 0.15) is 33.6 Å². The van der Waals surface area contributed by atoms with Crippen LogP contribution in [-0.4, -0.2) is 26.4 Å². The highest BCUT2D eigenvalue weighted by Crippen LogP contribution is 2.13. The number of nitrogens with two attached hydrogens (primary N) is 1. The first-order valence-electron chi connectivity index (χ1n) is 6.74. The van der Waals surface area contributed by atoms with Crippen molar-refractivity contribution in [3.63, 3.8) is 0 Å². The van der Waals surface area contributed by atoms with Crippen LogP contribution in [0.15, 0.2) is 9.59 Å². The highest BCUT2D eigenvalue weighted by atomic mass is 16.3. The lowest BCUT2D eigenvalue weighted by Gasteiger charge is -2.20. The van der Waals surface area contributed by atoms with Gasteiger partial charge < -0.3 is 16.2 Å². The molecule has 20 heavy (non-hydrogen) atoms. The van der Waals surface area contributed by atoms with E-state index in [1.807, 2.05) is 6.92 Å². The Bertz CT molecular complexity index is 581. The zero-order valence-corrected chi connectivity index (χ0v) is 12.6. The second kappa shape index (κ2) is 6.13. The Balaban J connectivity index is 3.27. The van der Waals surface area contributed by atoms with E-state index in [4.69, 9.17) is 5.73 Å². The van der Waals surface area contributed by atoms with E-state index in [0.29, 0.717) is 6.54 Å². The minimum absolute atomic E-state index is 0.121. The number of hydrogen-bond donors (Lipinski definition) is 3. The summed E-state index contributed by atoms with van der Waals surface area (Å²) in [5, 5.41) is 12.6. The molecule has 0 aliphatic carbocycles. The Morgan fingerprint density at radius 2 is 1.95 bits per heavy atom. The van der Waals surface area contributed by atoms with Crippen LogP contribution in [0.4, 0.5) is 11.5 Å². The molecule has 0 atom stereocenters. The fraction of sp³-hybridized carbons (Fsp3) is 0.692. The molecule has 0 fully saturated rings. The van der Waals surface area contributed by atoms with Gasteiger partial charge in [-0.3, -0.25) is 13.9 Å². The van der Waals surface area contributed by atoms with Gasteiger partial charge in [0, 0.05) is 20.1 Å². The van der Waals surface area contributed by atoms with Gasteiger partial charge in [-0.15, -0.1) is 0 Å². The second-order valence-electron chi connectivity index (χ2n) is 5.58. The summed E-state index contributed by atoms with van der Waals surface area (Å²) in [5.74, 6) is 0.121. The summed E-state index contributed by atoms with van der Waals surface area (Å²) in [6, 6.07) is 0. The molecule has 1 rings (SSSR count). The van der Waals surface area contributed by atoms with Crippen LogP contribution in [-0.2, 0) is 13.6 Å². The average Bonchev–Trinajstić information content (AvgIpc) is 2.35. The Kier molecular flexibility index (Phi) is 4.99. The standard InChI is InChI=1S/C13H24N4O3/c1-5-6-7-17-10(14)9(15-8-13(2,3)20)11(18)16(4)12(17)19/h15,20H,5-8,14H2,1-4H3. The minimum atomic E-state index is -0.984. The monoisotopic (exact) mass is 284 g/mol. The lowest BCUT2D eigenvalue weighted by atomic mass is 10.1. The van der Waals surface area contributed by atoms with Gasteiger partial charge in [-0.25, -0.2) is 4.79 Å². The van der Waals surface area contributed by atoms with Crippen molar-refractivity contribution in [2.45, 2.75) is 45.8 Å². The van der Waals surface area contributed by atoms with E-state index < -0.39 is 16.9 Å². The summed E-state index contributed by atoms with van der Waals surface area (Å²) >= 11 is 0. The predicted molar refractivity (Wildman–Crippen MR) is 80.1 cm³/mol. The molecule has 7 nitrogen and oxygen atoms in total. The van der Waals surface area contributed by atoms with Crippen molar-refractivity contribution in [2.24, 2.45) is 7.05 Å². The van der Waals surface area contributed by atoms with Gasteiger partial charge in [0.15, 0.2) is 0 Å². The van der Waals surface area contributed by atoms with E-state index in [1.165, 1.54) is 11.6 Å². The van der Waals surface area contributed by atoms with Crippen molar-refractivity contribution in [3.8, 4) is 0 Å². The number of nitrogen functional groups attached to an aromatic ring is 1. The number of aromatic nitrogens is 2. The summed E-state index contributed by atoms with van der Waals surface area (Å²) in [4.78, 5) is 24.1. The molecule has 0 aliphatic heterocycles. The van der Waals surface area contributed by atoms with Crippen LogP contribution in [0, 0.1) is 0 Å². The lowest BCUT2D eigenvalue weighted by Crippen LogP contribution is -2.42. The third-order valence-electron chi connectivity index (χ3n) is 3.02. The first kappa shape index (κ1) is 16.3. The van der Waals surface area contributed by atoms with E-state index in [9.17, 15) is 14.7 Å². The van der Waals surface area contributed by atoms with Crippen molar-refractivity contribution >= 4 is 11.5 Å². The number of hydrogen-bond acceptors (Lipinski definition) is 5. The number of nitrogens with zero attached hydrogens (tertiary/aromatic N) is 2. The molecule has 0 aliphatic rings. The van der Waals surface area contributed by atoms with Crippen LogP contribution in [0.3, 0.4) is 0 Å². The van der Waals surface area contributed by atoms with Gasteiger partial charge >= 0.3 is 5.69 Å². The quantitative estimate of drug-likeness (QED) is 0.688. The van der Waals surface area contributed by atoms with Crippen LogP contribution in [0.2, 0.25) is 0 Å². The summed E-state index contributed by atoms with van der Waals surface area (Å²) < 4.78 is 2.41. The van der Waals surface area contributed by atoms with Gasteiger partial charge in [-0.05, 0) is 20.3 Å². The number of aliphatic hydroxyl groups is 1. The fourth-order valence-corrected chi connectivity index (χ4v) is 1.79. The normalized spacial score (nSPS) is 11.7. The first-order chi connectivity index (χ1) is 9.19. The molecule has 1 aromatic heterocycles. The molecule has 0 saturated carbocycles. The third-order valence-corrected chi connectivity index (χ3v) is 3.02. The topological polar surface area (TPSA) is 102 Å².